The minimum Gasteiger partial charge on any atom is -0.457 e. The molecule has 1 aliphatic rings. The molecule has 0 amide bonds. The number of hydrogen-bond donors (Lipinski definition) is 2. The Morgan fingerprint density at radius 3 is 1.33 bits per heavy atom. The van der Waals surface area contributed by atoms with Crippen molar-refractivity contribution in [2.24, 2.45) is 0 Å². The molecule has 1 rings (SSSR count). The Labute approximate surface area is 276 Å². The van der Waals surface area contributed by atoms with Crippen LogP contribution in [0.2, 0.25) is 0 Å². The maximum Gasteiger partial charge on any atom is 0.306 e. The van der Waals surface area contributed by atoms with E-state index in [1.54, 1.807) is 0 Å². The molecule has 0 aromatic heterocycles. The number of hydrogen-bond acceptors (Lipinski definition) is 7. The van der Waals surface area contributed by atoms with E-state index in [9.17, 15) is 19.8 Å². The van der Waals surface area contributed by atoms with Crippen molar-refractivity contribution in [3.05, 3.63) is 0 Å². The third-order valence-electron chi connectivity index (χ3n) is 9.23. The molecule has 0 aromatic carbocycles. The van der Waals surface area contributed by atoms with Crippen LogP contribution in [0.25, 0.3) is 0 Å². The molecule has 4 atom stereocenters. The maximum atomic E-state index is 12.5. The quantitative estimate of drug-likeness (QED) is 0.0558. The second-order valence-corrected chi connectivity index (χ2v) is 13.5. The van der Waals surface area contributed by atoms with Gasteiger partial charge in [-0.2, -0.15) is 0 Å². The lowest BCUT2D eigenvalue weighted by atomic mass is 10.0. The largest absolute Gasteiger partial charge is 0.457 e. The highest BCUT2D eigenvalue weighted by atomic mass is 16.6. The Bertz CT molecular complexity index is 685. The summed E-state index contributed by atoms with van der Waals surface area (Å²) in [6.07, 6.45) is 28.9. The molecular weight excluding hydrogens is 568 g/mol. The van der Waals surface area contributed by atoms with Crippen LogP contribution in [-0.2, 0) is 23.8 Å². The van der Waals surface area contributed by atoms with Crippen LogP contribution in [0.5, 0.6) is 0 Å². The summed E-state index contributed by atoms with van der Waals surface area (Å²) in [5, 5.41) is 20.3. The van der Waals surface area contributed by atoms with Crippen molar-refractivity contribution >= 4 is 11.9 Å². The Kier molecular flexibility index (Phi) is 28.1. The summed E-state index contributed by atoms with van der Waals surface area (Å²) >= 11 is 0. The molecule has 266 valence electrons. The molecule has 1 saturated heterocycles. The van der Waals surface area contributed by atoms with Gasteiger partial charge in [0.25, 0.3) is 0 Å². The summed E-state index contributed by atoms with van der Waals surface area (Å²) in [7, 11) is 0. The van der Waals surface area contributed by atoms with Gasteiger partial charge in [-0.3, -0.25) is 9.59 Å². The van der Waals surface area contributed by atoms with Crippen molar-refractivity contribution < 1.29 is 34.0 Å². The molecule has 2 N–H and O–H groups in total. The predicted molar refractivity (Wildman–Crippen MR) is 183 cm³/mol. The molecule has 0 bridgehead atoms. The van der Waals surface area contributed by atoms with Crippen LogP contribution in [-0.4, -0.2) is 59.8 Å². The van der Waals surface area contributed by atoms with E-state index >= 15 is 0 Å². The van der Waals surface area contributed by atoms with E-state index in [1.165, 1.54) is 128 Å². The molecule has 1 aliphatic heterocycles. The van der Waals surface area contributed by atoms with Gasteiger partial charge in [-0.25, -0.2) is 0 Å². The van der Waals surface area contributed by atoms with Crippen LogP contribution in [0.15, 0.2) is 0 Å². The Morgan fingerprint density at radius 1 is 0.600 bits per heavy atom. The van der Waals surface area contributed by atoms with Gasteiger partial charge in [0.2, 0.25) is 0 Å². The predicted octanol–water partition coefficient (Wildman–Crippen LogP) is 9.52. The van der Waals surface area contributed by atoms with Gasteiger partial charge in [0.1, 0.15) is 12.2 Å². The first kappa shape index (κ1) is 41.8. The standard InChI is InChI=1S/C38H72O7/c1-3-5-7-9-11-13-15-17-19-21-23-25-27-29-35(41)44-34(31-39)38-37(33(40)32-43-38)45-36(42)30-28-26-24-22-20-18-16-14-12-10-8-6-4-2/h33-34,37-40H,3-32H2,1-2H3/t33-,34+,37+,38+/m0/s1. The molecule has 45 heavy (non-hydrogen) atoms. The van der Waals surface area contributed by atoms with E-state index in [4.69, 9.17) is 14.2 Å². The summed E-state index contributed by atoms with van der Waals surface area (Å²) in [5.41, 5.74) is 0. The average molecular weight is 641 g/mol. The number of ether oxygens (including phenoxy) is 3. The number of unbranched alkanes of at least 4 members (excludes halogenated alkanes) is 24. The lowest BCUT2D eigenvalue weighted by molar-refractivity contribution is -0.171. The second-order valence-electron chi connectivity index (χ2n) is 13.5. The van der Waals surface area contributed by atoms with Gasteiger partial charge in [0.15, 0.2) is 12.2 Å². The maximum absolute atomic E-state index is 12.5. The van der Waals surface area contributed by atoms with E-state index in [-0.39, 0.29) is 31.4 Å². The third kappa shape index (κ3) is 22.9. The number of aliphatic hydroxyl groups excluding tert-OH is 2. The second kappa shape index (κ2) is 30.2. The van der Waals surface area contributed by atoms with E-state index in [0.717, 1.165) is 38.5 Å². The number of aliphatic hydroxyl groups is 2. The highest BCUT2D eigenvalue weighted by Gasteiger charge is 2.45. The molecule has 1 fully saturated rings. The van der Waals surface area contributed by atoms with Gasteiger partial charge >= 0.3 is 11.9 Å². The van der Waals surface area contributed by atoms with Crippen LogP contribution in [0.3, 0.4) is 0 Å². The van der Waals surface area contributed by atoms with Gasteiger partial charge in [-0.05, 0) is 12.8 Å². The molecule has 0 spiro atoms. The van der Waals surface area contributed by atoms with E-state index in [2.05, 4.69) is 13.8 Å². The fourth-order valence-electron chi connectivity index (χ4n) is 6.30. The molecule has 1 heterocycles. The fraction of sp³-hybridized carbons (Fsp3) is 0.947. The Balaban J connectivity index is 2.13. The highest BCUT2D eigenvalue weighted by molar-refractivity contribution is 5.70. The molecule has 0 unspecified atom stereocenters. The average Bonchev–Trinajstić information content (AvgIpc) is 3.39. The SMILES string of the molecule is CCCCCCCCCCCCCCCC(=O)O[C@H]1[C@@H]([C@@H](CO)OC(=O)CCCCCCCCCCCCCCC)OC[C@@H]1O. The molecule has 0 aromatic rings. The van der Waals surface area contributed by atoms with Crippen LogP contribution >= 0.6 is 0 Å². The van der Waals surface area contributed by atoms with Crippen molar-refractivity contribution in [2.45, 2.75) is 218 Å². The van der Waals surface area contributed by atoms with Gasteiger partial charge in [-0.1, -0.05) is 168 Å². The van der Waals surface area contributed by atoms with Crippen LogP contribution in [0.1, 0.15) is 194 Å². The summed E-state index contributed by atoms with van der Waals surface area (Å²) in [5.74, 6) is -0.772. The minimum absolute atomic E-state index is 0.0196. The van der Waals surface area contributed by atoms with E-state index < -0.39 is 31.0 Å². The summed E-state index contributed by atoms with van der Waals surface area (Å²) in [6, 6.07) is 0. The molecule has 0 radical (unpaired) electrons. The zero-order valence-corrected chi connectivity index (χ0v) is 29.5. The van der Waals surface area contributed by atoms with Crippen molar-refractivity contribution in [1.29, 1.82) is 0 Å². The minimum atomic E-state index is -1.00. The molecule has 0 saturated carbocycles. The first-order valence-corrected chi connectivity index (χ1v) is 19.3. The highest BCUT2D eigenvalue weighted by Crippen LogP contribution is 2.24. The summed E-state index contributed by atoms with van der Waals surface area (Å²) in [4.78, 5) is 25.0. The number of carbonyl (C=O) groups excluding carboxylic acids is 2. The van der Waals surface area contributed by atoms with Crippen LogP contribution in [0.4, 0.5) is 0 Å². The van der Waals surface area contributed by atoms with Crippen molar-refractivity contribution in [3.63, 3.8) is 0 Å². The summed E-state index contributed by atoms with van der Waals surface area (Å²) in [6.45, 7) is 4.04. The Hall–Kier alpha value is -1.18. The first-order valence-electron chi connectivity index (χ1n) is 19.3. The van der Waals surface area contributed by atoms with Gasteiger partial charge in [0.05, 0.1) is 13.2 Å². The Morgan fingerprint density at radius 2 is 0.956 bits per heavy atom. The first-order chi connectivity index (χ1) is 22.0. The molecule has 7 heteroatoms. The topological polar surface area (TPSA) is 102 Å². The van der Waals surface area contributed by atoms with Gasteiger partial charge in [-0.15, -0.1) is 0 Å². The number of carbonyl (C=O) groups is 2. The van der Waals surface area contributed by atoms with E-state index in [0.29, 0.717) is 0 Å². The van der Waals surface area contributed by atoms with Crippen molar-refractivity contribution in [2.75, 3.05) is 13.2 Å². The van der Waals surface area contributed by atoms with E-state index in [1.807, 2.05) is 0 Å². The molecule has 0 aliphatic carbocycles. The smallest absolute Gasteiger partial charge is 0.306 e. The normalized spacial score (nSPS) is 18.7. The number of esters is 2. The van der Waals surface area contributed by atoms with Gasteiger partial charge in [0, 0.05) is 12.8 Å². The van der Waals surface area contributed by atoms with Crippen molar-refractivity contribution in [3.8, 4) is 0 Å². The summed E-state index contributed by atoms with van der Waals surface area (Å²) < 4.78 is 16.7. The third-order valence-corrected chi connectivity index (χ3v) is 9.23. The van der Waals surface area contributed by atoms with Gasteiger partial charge < -0.3 is 24.4 Å². The molecular formula is C38H72O7. The molecule has 7 nitrogen and oxygen atoms in total. The zero-order valence-electron chi connectivity index (χ0n) is 29.5. The lowest BCUT2D eigenvalue weighted by Crippen LogP contribution is -2.45. The lowest BCUT2D eigenvalue weighted by Gasteiger charge is -2.27. The number of rotatable bonds is 32. The zero-order chi connectivity index (χ0) is 32.8. The van der Waals surface area contributed by atoms with Crippen LogP contribution in [0, 0.1) is 0 Å². The fourth-order valence-corrected chi connectivity index (χ4v) is 6.30. The van der Waals surface area contributed by atoms with Crippen molar-refractivity contribution in [1.82, 2.24) is 0 Å². The van der Waals surface area contributed by atoms with Crippen LogP contribution < -0.4 is 0 Å². The monoisotopic (exact) mass is 641 g/mol.